The number of rotatable bonds is 6. The molecule has 2 aliphatic carbocycles. The van der Waals surface area contributed by atoms with Crippen molar-refractivity contribution in [3.8, 4) is 11.8 Å². The van der Waals surface area contributed by atoms with Crippen LogP contribution in [0.2, 0.25) is 0 Å². The summed E-state index contributed by atoms with van der Waals surface area (Å²) >= 11 is 0. The maximum atomic E-state index is 12.9. The molecule has 0 aromatic heterocycles. The van der Waals surface area contributed by atoms with Crippen LogP contribution < -0.4 is 0 Å². The summed E-state index contributed by atoms with van der Waals surface area (Å²) in [5.74, 6) is 2.69. The van der Waals surface area contributed by atoms with Crippen LogP contribution in [0.25, 0.3) is 0 Å². The Morgan fingerprint density at radius 3 is 2.22 bits per heavy atom. The van der Waals surface area contributed by atoms with Crippen LogP contribution in [0.15, 0.2) is 0 Å². The zero-order chi connectivity index (χ0) is 24.6. The predicted molar refractivity (Wildman–Crippen MR) is 106 cm³/mol. The molecule has 0 bridgehead atoms. The average Bonchev–Trinajstić information content (AvgIpc) is 2.95. The molecule has 0 radical (unpaired) electrons. The lowest BCUT2D eigenvalue weighted by Gasteiger charge is -2.43. The van der Waals surface area contributed by atoms with E-state index in [9.17, 15) is 41.4 Å². The van der Waals surface area contributed by atoms with Crippen LogP contribution in [0, 0.1) is 35.0 Å². The molecule has 0 aliphatic heterocycles. The molecule has 0 amide bonds. The number of ketones is 1. The minimum Gasteiger partial charge on any atom is -0.390 e. The molecular formula is C23H32F6O3. The van der Waals surface area contributed by atoms with Crippen molar-refractivity contribution in [3.05, 3.63) is 0 Å². The maximum absolute atomic E-state index is 12.9. The molecule has 0 aromatic rings. The van der Waals surface area contributed by atoms with Gasteiger partial charge < -0.3 is 10.2 Å². The van der Waals surface area contributed by atoms with Crippen LogP contribution in [0.4, 0.5) is 26.3 Å². The third-order valence-electron chi connectivity index (χ3n) is 7.32. The number of Topliss-reactive ketones (excluding diaryl/α,β-unsaturated/α-hetero) is 1. The fourth-order valence-electron chi connectivity index (χ4n) is 5.60. The molecule has 2 aliphatic rings. The Morgan fingerprint density at radius 1 is 1.09 bits per heavy atom. The minimum atomic E-state index is -5.98. The molecule has 2 N–H and O–H groups in total. The van der Waals surface area contributed by atoms with Crippen molar-refractivity contribution >= 4 is 5.78 Å². The first-order chi connectivity index (χ1) is 14.4. The minimum absolute atomic E-state index is 0.0716. The zero-order valence-corrected chi connectivity index (χ0v) is 18.7. The SMILES string of the molecule is CC(C)(O)CCCC(CC#CC(O)(C(F)(F)F)C(F)(F)F)C1CCC2C(=O)CCCC21C. The van der Waals surface area contributed by atoms with Crippen LogP contribution in [0.5, 0.6) is 0 Å². The normalized spacial score (nSPS) is 28.2. The average molecular weight is 470 g/mol. The first kappa shape index (κ1) is 27.0. The van der Waals surface area contributed by atoms with E-state index in [2.05, 4.69) is 0 Å². The second-order valence-corrected chi connectivity index (χ2v) is 10.2. The molecule has 32 heavy (non-hydrogen) atoms. The van der Waals surface area contributed by atoms with Gasteiger partial charge in [-0.05, 0) is 75.5 Å². The monoisotopic (exact) mass is 470 g/mol. The number of hydrogen-bond acceptors (Lipinski definition) is 3. The lowest BCUT2D eigenvalue weighted by Crippen LogP contribution is -2.55. The van der Waals surface area contributed by atoms with Gasteiger partial charge in [0.1, 0.15) is 5.78 Å². The van der Waals surface area contributed by atoms with Crippen LogP contribution in [0.3, 0.4) is 0 Å². The van der Waals surface area contributed by atoms with Gasteiger partial charge in [-0.25, -0.2) is 0 Å². The number of carbonyl (C=O) groups is 1. The highest BCUT2D eigenvalue weighted by Gasteiger charge is 2.70. The summed E-state index contributed by atoms with van der Waals surface area (Å²) in [7, 11) is 0. The first-order valence-electron chi connectivity index (χ1n) is 11.0. The van der Waals surface area contributed by atoms with Gasteiger partial charge in [0, 0.05) is 18.8 Å². The van der Waals surface area contributed by atoms with E-state index in [-0.39, 0.29) is 35.4 Å². The maximum Gasteiger partial charge on any atom is 0.438 e. The van der Waals surface area contributed by atoms with Crippen molar-refractivity contribution in [2.75, 3.05) is 0 Å². The lowest BCUT2D eigenvalue weighted by atomic mass is 9.61. The van der Waals surface area contributed by atoms with Gasteiger partial charge in [0.15, 0.2) is 0 Å². The fraction of sp³-hybridized carbons (Fsp3) is 0.870. The molecule has 2 fully saturated rings. The highest BCUT2D eigenvalue weighted by molar-refractivity contribution is 5.83. The number of alkyl halides is 6. The summed E-state index contributed by atoms with van der Waals surface area (Å²) in [6.45, 7) is 5.24. The van der Waals surface area contributed by atoms with Crippen molar-refractivity contribution in [1.29, 1.82) is 0 Å². The van der Waals surface area contributed by atoms with Crippen molar-refractivity contribution in [3.63, 3.8) is 0 Å². The second-order valence-electron chi connectivity index (χ2n) is 10.2. The zero-order valence-electron chi connectivity index (χ0n) is 18.7. The second kappa shape index (κ2) is 9.17. The van der Waals surface area contributed by atoms with Crippen molar-refractivity contribution in [2.24, 2.45) is 23.2 Å². The summed E-state index contributed by atoms with van der Waals surface area (Å²) in [5, 5.41) is 19.3. The van der Waals surface area contributed by atoms with Gasteiger partial charge in [-0.2, -0.15) is 26.3 Å². The van der Waals surface area contributed by atoms with E-state index in [1.165, 1.54) is 0 Å². The van der Waals surface area contributed by atoms with Crippen LogP contribution in [-0.2, 0) is 4.79 Å². The van der Waals surface area contributed by atoms with E-state index in [1.54, 1.807) is 13.8 Å². The van der Waals surface area contributed by atoms with Gasteiger partial charge in [0.2, 0.25) is 0 Å². The molecule has 2 rings (SSSR count). The van der Waals surface area contributed by atoms with Crippen molar-refractivity contribution in [2.45, 2.75) is 102 Å². The topological polar surface area (TPSA) is 57.5 Å². The van der Waals surface area contributed by atoms with E-state index in [0.29, 0.717) is 44.9 Å². The van der Waals surface area contributed by atoms with Gasteiger partial charge in [-0.1, -0.05) is 19.3 Å². The smallest absolute Gasteiger partial charge is 0.390 e. The Labute approximate surface area is 184 Å². The molecule has 0 saturated heterocycles. The highest BCUT2D eigenvalue weighted by atomic mass is 19.4. The summed E-state index contributed by atoms with van der Waals surface area (Å²) < 4.78 is 77.7. The third-order valence-corrected chi connectivity index (χ3v) is 7.32. The molecule has 184 valence electrons. The standard InChI is InChI=1S/C23H32F6O3/c1-19(2,31)12-4-7-15(8-5-14-21(32,22(24,25)26)23(27,28)29)16-10-11-17-18(30)9-6-13-20(16,17)3/h15-17,31-32H,4,6-13H2,1-3H3. The molecular weight excluding hydrogens is 438 g/mol. The van der Waals surface area contributed by atoms with Crippen molar-refractivity contribution in [1.82, 2.24) is 0 Å². The molecule has 4 atom stereocenters. The van der Waals surface area contributed by atoms with Gasteiger partial charge in [0.25, 0.3) is 0 Å². The Hall–Kier alpha value is -1.27. The number of halogens is 6. The Balaban J connectivity index is 2.29. The fourth-order valence-corrected chi connectivity index (χ4v) is 5.60. The van der Waals surface area contributed by atoms with E-state index in [4.69, 9.17) is 0 Å². The third kappa shape index (κ3) is 5.61. The molecule has 9 heteroatoms. The summed E-state index contributed by atoms with van der Waals surface area (Å²) in [5.41, 5.74) is -6.40. The highest BCUT2D eigenvalue weighted by Crippen LogP contribution is 2.57. The number of fused-ring (bicyclic) bond motifs is 1. The molecule has 2 saturated carbocycles. The predicted octanol–water partition coefficient (Wildman–Crippen LogP) is 5.58. The van der Waals surface area contributed by atoms with Gasteiger partial charge in [0.05, 0.1) is 5.60 Å². The molecule has 3 nitrogen and oxygen atoms in total. The van der Waals surface area contributed by atoms with Gasteiger partial charge in [-0.3, -0.25) is 4.79 Å². The summed E-state index contributed by atoms with van der Waals surface area (Å²) in [6.07, 6.45) is -7.51. The molecule has 0 aromatic carbocycles. The number of hydrogen-bond donors (Lipinski definition) is 2. The summed E-state index contributed by atoms with van der Waals surface area (Å²) in [6, 6.07) is 0. The lowest BCUT2D eigenvalue weighted by molar-refractivity contribution is -0.343. The largest absolute Gasteiger partial charge is 0.438 e. The van der Waals surface area contributed by atoms with Gasteiger partial charge >= 0.3 is 18.0 Å². The summed E-state index contributed by atoms with van der Waals surface area (Å²) in [4.78, 5) is 12.4. The number of aliphatic hydroxyl groups is 2. The first-order valence-corrected chi connectivity index (χ1v) is 11.0. The molecule has 0 spiro atoms. The van der Waals surface area contributed by atoms with Gasteiger partial charge in [-0.15, -0.1) is 0 Å². The van der Waals surface area contributed by atoms with Crippen LogP contribution in [-0.4, -0.2) is 39.6 Å². The Bertz CT molecular complexity index is 726. The Morgan fingerprint density at radius 2 is 1.69 bits per heavy atom. The van der Waals surface area contributed by atoms with E-state index < -0.39 is 23.6 Å². The van der Waals surface area contributed by atoms with Crippen LogP contribution >= 0.6 is 0 Å². The Kier molecular flexibility index (Phi) is 7.73. The van der Waals surface area contributed by atoms with E-state index >= 15 is 0 Å². The molecule has 0 heterocycles. The van der Waals surface area contributed by atoms with E-state index in [0.717, 1.165) is 12.3 Å². The van der Waals surface area contributed by atoms with Crippen LogP contribution in [0.1, 0.15) is 78.6 Å². The quantitative estimate of drug-likeness (QED) is 0.394. The molecule has 4 unspecified atom stereocenters. The van der Waals surface area contributed by atoms with Crippen molar-refractivity contribution < 1.29 is 41.4 Å². The van der Waals surface area contributed by atoms with E-state index in [1.807, 2.05) is 12.8 Å². The number of carbonyl (C=O) groups excluding carboxylic acids is 1.